The lowest BCUT2D eigenvalue weighted by molar-refractivity contribution is -0.870. The third-order valence-corrected chi connectivity index (χ3v) is 16.0. The molecule has 0 saturated carbocycles. The zero-order valence-electron chi connectivity index (χ0n) is 56.3. The van der Waals surface area contributed by atoms with E-state index in [1.54, 1.807) is 6.08 Å². The second kappa shape index (κ2) is 65.8. The maximum absolute atomic E-state index is 13.0. The molecular formula is C77H134N2O6P+. The number of phosphoric ester groups is 1. The number of aliphatic hydroxyl groups is 1. The van der Waals surface area contributed by atoms with Crippen LogP contribution in [0.25, 0.3) is 0 Å². The van der Waals surface area contributed by atoms with Gasteiger partial charge in [0.15, 0.2) is 0 Å². The fourth-order valence-electron chi connectivity index (χ4n) is 9.62. The molecule has 1 amide bonds. The van der Waals surface area contributed by atoms with Gasteiger partial charge in [-0.05, 0) is 109 Å². The van der Waals surface area contributed by atoms with Gasteiger partial charge in [0.25, 0.3) is 0 Å². The first-order valence-corrected chi connectivity index (χ1v) is 36.7. The SMILES string of the molecule is CC/C=C\C/C=C\C/C=C\C/C=C\C/C=C\C/C=C\C/C=C\C/C=C\C/C=C\C/C=C\CCCCCCC(=O)NC(COP(=O)(O)OCC[N+](C)(C)C)C(O)/C=C/CC/C=C/CCCCCCCCCCCCCCCCCCCCCCCCC. The Morgan fingerprint density at radius 2 is 0.709 bits per heavy atom. The highest BCUT2D eigenvalue weighted by atomic mass is 31.2. The summed E-state index contributed by atoms with van der Waals surface area (Å²) in [6.07, 6.45) is 101. The Kier molecular flexibility index (Phi) is 63.0. The van der Waals surface area contributed by atoms with Crippen molar-refractivity contribution in [2.24, 2.45) is 0 Å². The predicted molar refractivity (Wildman–Crippen MR) is 378 cm³/mol. The van der Waals surface area contributed by atoms with Gasteiger partial charge in [-0.25, -0.2) is 4.57 Å². The Bertz CT molecular complexity index is 1910. The molecule has 0 bridgehead atoms. The van der Waals surface area contributed by atoms with Gasteiger partial charge in [0, 0.05) is 6.42 Å². The average molecular weight is 1210 g/mol. The Balaban J connectivity index is 4.24. The van der Waals surface area contributed by atoms with Crippen molar-refractivity contribution in [3.63, 3.8) is 0 Å². The summed E-state index contributed by atoms with van der Waals surface area (Å²) in [4.78, 5) is 23.4. The first-order valence-electron chi connectivity index (χ1n) is 35.2. The van der Waals surface area contributed by atoms with Gasteiger partial charge in [-0.1, -0.05) is 314 Å². The molecule has 9 heteroatoms. The number of allylic oxidation sites excluding steroid dienone is 23. The van der Waals surface area contributed by atoms with Crippen LogP contribution in [-0.2, 0) is 18.4 Å². The molecule has 8 nitrogen and oxygen atoms in total. The Morgan fingerprint density at radius 3 is 1.07 bits per heavy atom. The molecule has 0 aromatic heterocycles. The van der Waals surface area contributed by atoms with E-state index in [1.165, 1.54) is 148 Å². The van der Waals surface area contributed by atoms with Crippen LogP contribution in [0.15, 0.2) is 146 Å². The monoisotopic (exact) mass is 1210 g/mol. The minimum absolute atomic E-state index is 0.0430. The molecule has 0 fully saturated rings. The van der Waals surface area contributed by atoms with Gasteiger partial charge in [0.05, 0.1) is 39.9 Å². The number of phosphoric acid groups is 1. The van der Waals surface area contributed by atoms with E-state index < -0.39 is 20.0 Å². The zero-order valence-corrected chi connectivity index (χ0v) is 57.1. The van der Waals surface area contributed by atoms with Gasteiger partial charge in [0.1, 0.15) is 13.2 Å². The highest BCUT2D eigenvalue weighted by molar-refractivity contribution is 7.47. The van der Waals surface area contributed by atoms with Crippen LogP contribution in [0.3, 0.4) is 0 Å². The van der Waals surface area contributed by atoms with Crippen LogP contribution in [0, 0.1) is 0 Å². The molecule has 0 aliphatic rings. The molecule has 0 saturated heterocycles. The molecule has 3 unspecified atom stereocenters. The number of hydrogen-bond donors (Lipinski definition) is 3. The number of aliphatic hydroxyl groups excluding tert-OH is 1. The van der Waals surface area contributed by atoms with Gasteiger partial charge >= 0.3 is 7.82 Å². The molecule has 0 aromatic rings. The average Bonchev–Trinajstić information content (AvgIpc) is 3.70. The molecule has 0 heterocycles. The van der Waals surface area contributed by atoms with E-state index in [0.29, 0.717) is 17.4 Å². The van der Waals surface area contributed by atoms with E-state index in [2.05, 4.69) is 153 Å². The molecule has 0 rings (SSSR count). The topological polar surface area (TPSA) is 105 Å². The summed E-state index contributed by atoms with van der Waals surface area (Å²) in [7, 11) is 1.52. The van der Waals surface area contributed by atoms with Crippen LogP contribution in [0.5, 0.6) is 0 Å². The van der Waals surface area contributed by atoms with Crippen molar-refractivity contribution in [2.45, 2.75) is 296 Å². The van der Waals surface area contributed by atoms with E-state index in [1.807, 2.05) is 27.2 Å². The maximum atomic E-state index is 13.0. The Labute approximate surface area is 531 Å². The number of nitrogens with zero attached hydrogens (tertiary/aromatic N) is 1. The van der Waals surface area contributed by atoms with Crippen molar-refractivity contribution in [1.29, 1.82) is 0 Å². The standard InChI is InChI=1S/C77H133N2O6P/c1-6-8-10-12-14-16-18-20-22-24-26-28-30-32-34-36-37-38-39-40-41-43-45-47-49-51-53-55-57-59-61-63-65-67-69-71-77(81)78-75(74-85-86(82,83)84-73-72-79(3,4)5)76(80)70-68-66-64-62-60-58-56-54-52-50-48-46-44-42-35-33-31-29-27-25-23-21-19-17-15-13-11-9-7-2/h8,10,14,16,20,22,26,28,32,34,37-38,40-41,45,47,51,53,57,59-60,62,68,70,75-76,80H,6-7,9,11-13,15,17-19,21,23-25,27,29-31,33,35-36,39,42-44,46,48-50,52,54-56,58,61,63-67,69,71-74H2,1-5H3,(H-,78,81,82,83)/p+1/b10-8-,16-14-,22-20-,28-26-,34-32-,38-37-,41-40-,47-45-,53-51-,59-57-,62-60+,70-68+. The smallest absolute Gasteiger partial charge is 0.387 e. The number of quaternary nitrogens is 1. The van der Waals surface area contributed by atoms with E-state index in [9.17, 15) is 19.4 Å². The lowest BCUT2D eigenvalue weighted by atomic mass is 10.0. The van der Waals surface area contributed by atoms with Gasteiger partial charge in [0.2, 0.25) is 5.91 Å². The number of rotatable bonds is 63. The summed E-state index contributed by atoms with van der Waals surface area (Å²) in [6.45, 7) is 4.67. The fraction of sp³-hybridized carbons (Fsp3) is 0.675. The van der Waals surface area contributed by atoms with Gasteiger partial charge in [-0.2, -0.15) is 0 Å². The van der Waals surface area contributed by atoms with E-state index in [-0.39, 0.29) is 19.1 Å². The highest BCUT2D eigenvalue weighted by Crippen LogP contribution is 2.43. The van der Waals surface area contributed by atoms with Crippen molar-refractivity contribution in [1.82, 2.24) is 5.32 Å². The van der Waals surface area contributed by atoms with Crippen molar-refractivity contribution < 1.29 is 32.9 Å². The number of likely N-dealkylation sites (N-methyl/N-ethyl adjacent to an activating group) is 1. The van der Waals surface area contributed by atoms with Crippen molar-refractivity contribution in [3.8, 4) is 0 Å². The van der Waals surface area contributed by atoms with Gasteiger partial charge < -0.3 is 19.8 Å². The molecule has 3 atom stereocenters. The van der Waals surface area contributed by atoms with E-state index >= 15 is 0 Å². The third kappa shape index (κ3) is 67.9. The minimum atomic E-state index is -4.38. The van der Waals surface area contributed by atoms with Gasteiger partial charge in [-0.3, -0.25) is 13.8 Å². The second-order valence-corrected chi connectivity index (χ2v) is 26.0. The molecule has 0 radical (unpaired) electrons. The summed E-state index contributed by atoms with van der Waals surface area (Å²) < 4.78 is 23.8. The number of amides is 1. The van der Waals surface area contributed by atoms with Crippen molar-refractivity contribution in [2.75, 3.05) is 40.9 Å². The normalized spacial score (nSPS) is 14.5. The second-order valence-electron chi connectivity index (χ2n) is 24.5. The fourth-order valence-corrected chi connectivity index (χ4v) is 10.4. The van der Waals surface area contributed by atoms with Crippen molar-refractivity contribution >= 4 is 13.7 Å². The maximum Gasteiger partial charge on any atom is 0.472 e. The minimum Gasteiger partial charge on any atom is -0.387 e. The zero-order chi connectivity index (χ0) is 62.6. The third-order valence-electron chi connectivity index (χ3n) is 15.0. The van der Waals surface area contributed by atoms with Crippen LogP contribution in [-0.4, -0.2) is 73.4 Å². The molecule has 0 aliphatic carbocycles. The predicted octanol–water partition coefficient (Wildman–Crippen LogP) is 22.8. The summed E-state index contributed by atoms with van der Waals surface area (Å²) >= 11 is 0. The molecule has 0 spiro atoms. The Hall–Kier alpha value is -3.62. The van der Waals surface area contributed by atoms with Crippen molar-refractivity contribution in [3.05, 3.63) is 146 Å². The molecule has 492 valence electrons. The summed E-state index contributed by atoms with van der Waals surface area (Å²) in [5.41, 5.74) is 0. The van der Waals surface area contributed by atoms with Crippen LogP contribution >= 0.6 is 7.82 Å². The lowest BCUT2D eigenvalue weighted by Crippen LogP contribution is -2.45. The van der Waals surface area contributed by atoms with Crippen LogP contribution in [0.1, 0.15) is 284 Å². The summed E-state index contributed by atoms with van der Waals surface area (Å²) in [6, 6.07) is -0.891. The van der Waals surface area contributed by atoms with Crippen LogP contribution in [0.2, 0.25) is 0 Å². The number of carbonyl (C=O) groups excluding carboxylic acids is 1. The highest BCUT2D eigenvalue weighted by Gasteiger charge is 2.28. The molecular weight excluding hydrogens is 1080 g/mol. The first kappa shape index (κ1) is 82.4. The number of hydrogen-bond acceptors (Lipinski definition) is 5. The molecule has 0 aromatic carbocycles. The quantitative estimate of drug-likeness (QED) is 0.0243. The molecule has 86 heavy (non-hydrogen) atoms. The lowest BCUT2D eigenvalue weighted by Gasteiger charge is -2.25. The largest absolute Gasteiger partial charge is 0.472 e. The summed E-state index contributed by atoms with van der Waals surface area (Å²) in [5.74, 6) is -0.215. The van der Waals surface area contributed by atoms with Crippen LogP contribution in [0.4, 0.5) is 0 Å². The van der Waals surface area contributed by atoms with Gasteiger partial charge in [-0.15, -0.1) is 0 Å². The number of unbranched alkanes of at least 4 members (excludes halogenated alkanes) is 28. The van der Waals surface area contributed by atoms with Crippen LogP contribution < -0.4 is 5.32 Å². The first-order chi connectivity index (χ1) is 42.0. The van der Waals surface area contributed by atoms with E-state index in [0.717, 1.165) is 116 Å². The molecule has 3 N–H and O–H groups in total. The number of carbonyl (C=O) groups is 1. The van der Waals surface area contributed by atoms with E-state index in [4.69, 9.17) is 9.05 Å². The molecule has 0 aliphatic heterocycles. The summed E-state index contributed by atoms with van der Waals surface area (Å²) in [5, 5.41) is 14.0. The number of nitrogens with one attached hydrogen (secondary N) is 1. The Morgan fingerprint density at radius 1 is 0.407 bits per heavy atom.